The average molecular weight is 1990 g/mol. The molecule has 22 atom stereocenters. The van der Waals surface area contributed by atoms with Crippen LogP contribution in [-0.4, -0.2) is 21.4 Å². The zero-order valence-corrected chi connectivity index (χ0v) is 87.9. The fourth-order valence-electron chi connectivity index (χ4n) is 11.5. The number of carbonyl (C=O) groups is 1. The van der Waals surface area contributed by atoms with E-state index in [0.717, 1.165) is 18.3 Å². The van der Waals surface area contributed by atoms with Gasteiger partial charge in [-0.05, 0) is 212 Å². The van der Waals surface area contributed by atoms with Crippen LogP contribution in [0.4, 0.5) is 0 Å². The molecule has 2 saturated carbocycles. The van der Waals surface area contributed by atoms with E-state index in [1.54, 1.807) is 16.7 Å². The molecule has 1 aliphatic heterocycles. The Morgan fingerprint density at radius 2 is 0.861 bits per heavy atom. The molecule has 0 N–H and O–H groups in total. The van der Waals surface area contributed by atoms with E-state index in [0.29, 0.717) is 27.6 Å². The van der Waals surface area contributed by atoms with Gasteiger partial charge in [0.15, 0.2) is 5.78 Å². The van der Waals surface area contributed by atoms with E-state index in [4.69, 9.17) is 0 Å². The fraction of sp³-hybridized carbons (Fsp3) is 0.553. The summed E-state index contributed by atoms with van der Waals surface area (Å²) in [6.07, 6.45) is 19.3. The van der Waals surface area contributed by atoms with Crippen LogP contribution < -0.4 is 0 Å². The van der Waals surface area contributed by atoms with Crippen molar-refractivity contribution in [3.05, 3.63) is 82.4 Å². The molecule has 9 rings (SSSR count). The van der Waals surface area contributed by atoms with Gasteiger partial charge in [-0.25, -0.2) is 0 Å². The number of fused-ring (bicyclic) bond motifs is 10. The smallest absolute Gasteiger partial charge is 0.159 e. The summed E-state index contributed by atoms with van der Waals surface area (Å²) in [5.41, 5.74) is 11.0. The molecule has 22 unspecified atom stereocenters. The molecule has 79 heavy (non-hydrogen) atoms. The average Bonchev–Trinajstić information content (AvgIpc) is 3.79. The number of benzene rings is 2. The van der Waals surface area contributed by atoms with Crippen molar-refractivity contribution in [1.29, 1.82) is 0 Å². The molecule has 0 amide bonds. The van der Waals surface area contributed by atoms with Gasteiger partial charge in [-0.1, -0.05) is 79.8 Å². The van der Waals surface area contributed by atoms with E-state index >= 15 is 0 Å². The number of carbonyl (C=O) groups excluding carboxylic acids is 1. The number of allylic oxidation sites excluding steroid dienone is 4. The number of aryl methyl sites for hydroxylation is 2. The summed E-state index contributed by atoms with van der Waals surface area (Å²) in [7, 11) is 49.0. The predicted molar refractivity (Wildman–Crippen MR) is 412 cm³/mol. The second-order valence-electron chi connectivity index (χ2n) is 18.0. The van der Waals surface area contributed by atoms with E-state index in [1.807, 2.05) is 11.6 Å². The monoisotopic (exact) mass is 1990 g/mol. The van der Waals surface area contributed by atoms with Gasteiger partial charge in [0.1, 0.15) is 0 Å². The third-order valence-corrected chi connectivity index (χ3v) is 202. The molecule has 0 bridgehead atoms. The van der Waals surface area contributed by atoms with Crippen molar-refractivity contribution in [1.82, 2.24) is 0 Å². The molecule has 10 radical (unpaired) electrons. The van der Waals surface area contributed by atoms with Gasteiger partial charge in [-0.3, -0.25) is 4.79 Å². The molecule has 1 heterocycles. The first kappa shape index (κ1) is 102. The number of thioether (sulfide) groups is 2. The van der Waals surface area contributed by atoms with E-state index in [2.05, 4.69) is 206 Å². The van der Waals surface area contributed by atoms with Crippen molar-refractivity contribution in [3.63, 3.8) is 0 Å². The van der Waals surface area contributed by atoms with E-state index in [9.17, 15) is 4.79 Å². The number of ketones is 1. The Morgan fingerprint density at radius 3 is 1.35 bits per heavy atom. The number of hydrogen-bond donors (Lipinski definition) is 0. The summed E-state index contributed by atoms with van der Waals surface area (Å²) in [4.78, 5) is 12.4. The standard InChI is InChI=1S/C20H24S2.C18H20O.H30P28.10V/c1-2-6-15-14(5-1)9-10-16-17-7-3-4-8-19(17)20(13-18(15)16)21-11-12-22-20;19-18-11-17-13-6-2-1-5-12(13)9-10-15(17)14-7-3-4-8-16(14)18;1-16(2)23(15)27(24(17(3)4)18(5)6)28(25(19(7)8)20(9)10)26(21(11)12)22(13)14;;;;;;;;;;/h1-2,5-6,17,19H,3-4,7-13H2;1-2,5-6,11,14-16H,3-4,7-10H2;1-15H2;;;;;;;;;;. The third kappa shape index (κ3) is 27.6. The summed E-state index contributed by atoms with van der Waals surface area (Å²) >= 11 is 4.62. The minimum Gasteiger partial charge on any atom is -0.295 e. The Kier molecular flexibility index (Phi) is 66.0. The Labute approximate surface area is 656 Å². The molecule has 41 heteroatoms. The zero-order valence-electron chi connectivity index (χ0n) is 43.4. The molecule has 1 saturated heterocycles. The Balaban J connectivity index is -0.000000507. The zero-order chi connectivity index (χ0) is 49.9. The second kappa shape index (κ2) is 51.4. The van der Waals surface area contributed by atoms with Gasteiger partial charge < -0.3 is 0 Å². The minimum atomic E-state index is -0.0421. The van der Waals surface area contributed by atoms with Gasteiger partial charge in [-0.2, -0.15) is 0 Å². The maximum absolute atomic E-state index is 12.4. The van der Waals surface area contributed by atoms with Crippen LogP contribution in [0.2, 0.25) is 0 Å². The number of rotatable bonds is 12. The quantitative estimate of drug-likeness (QED) is 0.197. The molecular formula is C38H74OP28S2V10. The van der Waals surface area contributed by atoms with Crippen LogP contribution in [0.5, 0.6) is 0 Å². The van der Waals surface area contributed by atoms with Crippen molar-refractivity contribution in [2.24, 2.45) is 29.6 Å². The van der Waals surface area contributed by atoms with Crippen LogP contribution >= 0.6 is 248 Å². The van der Waals surface area contributed by atoms with Gasteiger partial charge in [0.05, 0.1) is 4.08 Å². The maximum atomic E-state index is 12.4. The van der Waals surface area contributed by atoms with Crippen LogP contribution in [0.25, 0.3) is 11.1 Å². The molecule has 1 spiro atoms. The predicted octanol–water partition coefficient (Wildman–Crippen LogP) is 25.9. The van der Waals surface area contributed by atoms with Gasteiger partial charge in [0.25, 0.3) is 0 Å². The normalized spacial score (nSPS) is 22.7. The summed E-state index contributed by atoms with van der Waals surface area (Å²) in [6.45, 7) is -0.00591. The third-order valence-electron chi connectivity index (χ3n) is 14.1. The van der Waals surface area contributed by atoms with Crippen molar-refractivity contribution >= 4 is 265 Å². The molecule has 6 aliphatic carbocycles. The number of hydrogen-bond acceptors (Lipinski definition) is 3. The first-order valence-corrected chi connectivity index (χ1v) is 75.1. The van der Waals surface area contributed by atoms with Crippen LogP contribution in [0, 0.1) is 29.6 Å². The second-order valence-corrected chi connectivity index (χ2v) is 134. The SMILES string of the molecule is O=C1C=C2c3ccccc3CCC2C2CCCCC12.PP(P)P(P)P(P(P(P)P)P(P)P)P(P(P(P)P)P(P)P)P(P(P)P)P(P)P.[V].[V].[V].[V].[V].[V].[V].[V].[V].[V].c1ccc2c(c1)CCC1=C2CC2(SCCS2)C2CCCCC12. The van der Waals surface area contributed by atoms with Crippen LogP contribution in [0.1, 0.15) is 92.9 Å². The summed E-state index contributed by atoms with van der Waals surface area (Å²) in [5, 5.41) is 0. The summed E-state index contributed by atoms with van der Waals surface area (Å²) < 4.78 is 0.522. The Bertz CT molecular complexity index is 2100. The maximum Gasteiger partial charge on any atom is 0.159 e. The molecule has 434 valence electrons. The van der Waals surface area contributed by atoms with E-state index < -0.39 is 0 Å². The van der Waals surface area contributed by atoms with Crippen LogP contribution in [0.15, 0.2) is 60.2 Å². The topological polar surface area (TPSA) is 17.1 Å². The minimum absolute atomic E-state index is 0. The molecule has 2 aromatic rings. The van der Waals surface area contributed by atoms with E-state index in [1.165, 1.54) is 105 Å². The first-order chi connectivity index (χ1) is 32.9. The molecule has 7 aliphatic rings. The molecule has 1 nitrogen and oxygen atoms in total. The van der Waals surface area contributed by atoms with Crippen molar-refractivity contribution in [2.45, 2.75) is 87.5 Å². The Morgan fingerprint density at radius 1 is 0.430 bits per heavy atom. The van der Waals surface area contributed by atoms with Crippen molar-refractivity contribution in [3.8, 4) is 0 Å². The van der Waals surface area contributed by atoms with Crippen LogP contribution in [0.3, 0.4) is 0 Å². The molecular weight excluding hydrogens is 1910 g/mol. The molecule has 3 fully saturated rings. The van der Waals surface area contributed by atoms with Gasteiger partial charge in [0.2, 0.25) is 0 Å². The van der Waals surface area contributed by atoms with Gasteiger partial charge in [-0.15, -0.1) is 157 Å². The van der Waals surface area contributed by atoms with E-state index in [-0.39, 0.29) is 276 Å². The first-order valence-electron chi connectivity index (χ1n) is 22.9. The summed E-state index contributed by atoms with van der Waals surface area (Å²) in [5.74, 6) is 6.65. The molecule has 0 aromatic heterocycles. The van der Waals surface area contributed by atoms with Crippen LogP contribution in [-0.2, 0) is 203 Å². The summed E-state index contributed by atoms with van der Waals surface area (Å²) in [6, 6.07) is 17.9. The fourth-order valence-corrected chi connectivity index (χ4v) is 367. The van der Waals surface area contributed by atoms with Gasteiger partial charge >= 0.3 is 0 Å². The largest absolute Gasteiger partial charge is 0.295 e. The Hall–Kier alpha value is 16.2. The van der Waals surface area contributed by atoms with Crippen molar-refractivity contribution in [2.75, 3.05) is 11.5 Å². The van der Waals surface area contributed by atoms with Crippen molar-refractivity contribution < 1.29 is 190 Å². The van der Waals surface area contributed by atoms with Gasteiger partial charge in [0, 0.05) is 203 Å². The molecule has 2 aromatic carbocycles.